The molecule has 0 saturated heterocycles. The molecule has 3 heteroatoms. The highest BCUT2D eigenvalue weighted by Crippen LogP contribution is 2.26. The van der Waals surface area contributed by atoms with Crippen LogP contribution in [-0.4, -0.2) is 12.6 Å². The molecule has 2 aromatic carbocycles. The Morgan fingerprint density at radius 2 is 1.03 bits per heavy atom. The zero-order valence-electron chi connectivity index (χ0n) is 25.4. The van der Waals surface area contributed by atoms with Crippen molar-refractivity contribution >= 4 is 5.97 Å². The molecule has 0 radical (unpaired) electrons. The Balaban J connectivity index is 1.60. The van der Waals surface area contributed by atoms with Gasteiger partial charge in [0.15, 0.2) is 0 Å². The lowest BCUT2D eigenvalue weighted by molar-refractivity contribution is -0.148. The van der Waals surface area contributed by atoms with E-state index >= 15 is 0 Å². The van der Waals surface area contributed by atoms with E-state index in [-0.39, 0.29) is 12.1 Å². The van der Waals surface area contributed by atoms with Crippen LogP contribution in [0, 0.1) is 0 Å². The van der Waals surface area contributed by atoms with E-state index in [0.717, 1.165) is 48.3 Å². The normalized spacial score (nSPS) is 11.9. The van der Waals surface area contributed by atoms with Crippen molar-refractivity contribution in [2.75, 3.05) is 6.61 Å². The first-order chi connectivity index (χ1) is 19.1. The van der Waals surface area contributed by atoms with Crippen LogP contribution in [-0.2, 0) is 9.53 Å². The van der Waals surface area contributed by atoms with Gasteiger partial charge in [-0.1, -0.05) is 147 Å². The minimum atomic E-state index is -0.224. The van der Waals surface area contributed by atoms with Gasteiger partial charge in [-0.05, 0) is 48.6 Å². The van der Waals surface area contributed by atoms with Crippen molar-refractivity contribution in [3.05, 3.63) is 54.1 Å². The summed E-state index contributed by atoms with van der Waals surface area (Å²) in [6.45, 7) is 7.24. The first-order valence-electron chi connectivity index (χ1n) is 16.2. The molecule has 2 aromatic rings. The largest absolute Gasteiger partial charge is 0.494 e. The minimum absolute atomic E-state index is 0.0918. The van der Waals surface area contributed by atoms with Crippen LogP contribution in [0.25, 0.3) is 11.1 Å². The molecule has 0 aliphatic carbocycles. The summed E-state index contributed by atoms with van der Waals surface area (Å²) in [5.41, 5.74) is 3.35. The lowest BCUT2D eigenvalue weighted by Crippen LogP contribution is -2.08. The Kier molecular flexibility index (Phi) is 18.2. The summed E-state index contributed by atoms with van der Waals surface area (Å²) in [5.74, 6) is 0.846. The minimum Gasteiger partial charge on any atom is -0.494 e. The highest BCUT2D eigenvalue weighted by atomic mass is 16.5. The molecule has 3 nitrogen and oxygen atoms in total. The Morgan fingerprint density at radius 3 is 1.54 bits per heavy atom. The van der Waals surface area contributed by atoms with Crippen LogP contribution in [0.3, 0.4) is 0 Å². The molecule has 0 heterocycles. The average molecular weight is 537 g/mol. The molecule has 39 heavy (non-hydrogen) atoms. The lowest BCUT2D eigenvalue weighted by atomic mass is 10.0. The number of rotatable bonds is 23. The number of benzene rings is 2. The third-order valence-corrected chi connectivity index (χ3v) is 7.63. The predicted molar refractivity (Wildman–Crippen MR) is 166 cm³/mol. The molecule has 1 unspecified atom stereocenters. The molecule has 0 aromatic heterocycles. The van der Waals surface area contributed by atoms with E-state index in [1.165, 1.54) is 89.9 Å². The van der Waals surface area contributed by atoms with Crippen molar-refractivity contribution < 1.29 is 14.3 Å². The van der Waals surface area contributed by atoms with Gasteiger partial charge < -0.3 is 9.47 Å². The summed E-state index contributed by atoms with van der Waals surface area (Å²) in [6, 6.07) is 16.7. The Bertz CT molecular complexity index is 856. The second kappa shape index (κ2) is 21.5. The molecule has 0 aliphatic rings. The zero-order chi connectivity index (χ0) is 28.0. The van der Waals surface area contributed by atoms with E-state index in [9.17, 15) is 4.79 Å². The third kappa shape index (κ3) is 15.2. The van der Waals surface area contributed by atoms with Crippen LogP contribution in [0.4, 0.5) is 0 Å². The topological polar surface area (TPSA) is 35.5 Å². The van der Waals surface area contributed by atoms with E-state index < -0.39 is 0 Å². The Morgan fingerprint density at radius 1 is 0.590 bits per heavy atom. The fourth-order valence-electron chi connectivity index (χ4n) is 5.02. The first-order valence-corrected chi connectivity index (χ1v) is 16.2. The van der Waals surface area contributed by atoms with Gasteiger partial charge >= 0.3 is 5.97 Å². The van der Waals surface area contributed by atoms with Crippen LogP contribution in [0.5, 0.6) is 5.75 Å². The van der Waals surface area contributed by atoms with E-state index in [4.69, 9.17) is 9.47 Å². The smallest absolute Gasteiger partial charge is 0.306 e. The van der Waals surface area contributed by atoms with E-state index in [0.29, 0.717) is 6.42 Å². The van der Waals surface area contributed by atoms with Gasteiger partial charge in [-0.2, -0.15) is 0 Å². The Hall–Kier alpha value is -2.29. The van der Waals surface area contributed by atoms with E-state index in [2.05, 4.69) is 62.4 Å². The SMILES string of the molecule is CCCCCCCCCCCCCOc1ccc(-c2ccc(C(C)OC(=O)CCCCCCCC)cc2)cc1. The number of carbonyl (C=O) groups is 1. The molecule has 0 aliphatic heterocycles. The maximum Gasteiger partial charge on any atom is 0.306 e. The summed E-state index contributed by atoms with van der Waals surface area (Å²) in [7, 11) is 0. The average Bonchev–Trinajstić information content (AvgIpc) is 2.96. The van der Waals surface area contributed by atoms with Gasteiger partial charge in [0.25, 0.3) is 0 Å². The van der Waals surface area contributed by atoms with Crippen molar-refractivity contribution in [2.45, 2.75) is 142 Å². The highest BCUT2D eigenvalue weighted by Gasteiger charge is 2.12. The second-order valence-corrected chi connectivity index (χ2v) is 11.2. The molecule has 0 saturated carbocycles. The summed E-state index contributed by atoms with van der Waals surface area (Å²) < 4.78 is 11.6. The molecule has 2 rings (SSSR count). The number of esters is 1. The number of carbonyl (C=O) groups excluding carboxylic acids is 1. The molecule has 218 valence electrons. The molecule has 0 spiro atoms. The molecule has 1 atom stereocenters. The van der Waals surface area contributed by atoms with Crippen LogP contribution in [0.2, 0.25) is 0 Å². The molecule has 0 N–H and O–H groups in total. The lowest BCUT2D eigenvalue weighted by Gasteiger charge is -2.14. The summed E-state index contributed by atoms with van der Waals surface area (Å²) in [5, 5.41) is 0. The van der Waals surface area contributed by atoms with Crippen LogP contribution < -0.4 is 4.74 Å². The van der Waals surface area contributed by atoms with Crippen molar-refractivity contribution in [1.29, 1.82) is 0 Å². The van der Waals surface area contributed by atoms with Gasteiger partial charge in [-0.25, -0.2) is 0 Å². The van der Waals surface area contributed by atoms with Gasteiger partial charge in [0, 0.05) is 6.42 Å². The quantitative estimate of drug-likeness (QED) is 0.105. The van der Waals surface area contributed by atoms with Crippen LogP contribution in [0.15, 0.2) is 48.5 Å². The van der Waals surface area contributed by atoms with Gasteiger partial charge in [-0.15, -0.1) is 0 Å². The first kappa shape index (κ1) is 32.9. The number of ether oxygens (including phenoxy) is 2. The molecule has 0 amide bonds. The van der Waals surface area contributed by atoms with Crippen LogP contribution in [0.1, 0.15) is 148 Å². The van der Waals surface area contributed by atoms with Crippen LogP contribution >= 0.6 is 0 Å². The molecule has 0 fully saturated rings. The fraction of sp³-hybridized carbons (Fsp3) is 0.639. The number of hydrogen-bond donors (Lipinski definition) is 0. The number of unbranched alkanes of at least 4 members (excludes halogenated alkanes) is 15. The fourth-order valence-corrected chi connectivity index (χ4v) is 5.02. The maximum absolute atomic E-state index is 12.2. The maximum atomic E-state index is 12.2. The number of hydrogen-bond acceptors (Lipinski definition) is 3. The van der Waals surface area contributed by atoms with Gasteiger partial charge in [-0.3, -0.25) is 4.79 Å². The van der Waals surface area contributed by atoms with Crippen molar-refractivity contribution in [3.63, 3.8) is 0 Å². The van der Waals surface area contributed by atoms with Gasteiger partial charge in [0.05, 0.1) is 6.61 Å². The van der Waals surface area contributed by atoms with E-state index in [1.807, 2.05) is 6.92 Å². The second-order valence-electron chi connectivity index (χ2n) is 11.2. The summed E-state index contributed by atoms with van der Waals surface area (Å²) in [6.07, 6.45) is 22.2. The van der Waals surface area contributed by atoms with Gasteiger partial charge in [0.2, 0.25) is 0 Å². The van der Waals surface area contributed by atoms with Crippen molar-refractivity contribution in [3.8, 4) is 16.9 Å². The summed E-state index contributed by atoms with van der Waals surface area (Å²) >= 11 is 0. The standard InChI is InChI=1S/C36H56O3/c1-4-6-8-10-12-13-14-15-16-18-20-30-38-35-28-26-34(27-29-35)33-24-22-32(23-25-33)31(3)39-36(37)21-19-17-11-9-7-5-2/h22-29,31H,4-21,30H2,1-3H3. The highest BCUT2D eigenvalue weighted by molar-refractivity contribution is 5.70. The monoisotopic (exact) mass is 536 g/mol. The zero-order valence-corrected chi connectivity index (χ0v) is 25.4. The molecular weight excluding hydrogens is 480 g/mol. The predicted octanol–water partition coefficient (Wildman–Crippen LogP) is 11.4. The van der Waals surface area contributed by atoms with Crippen molar-refractivity contribution in [2.24, 2.45) is 0 Å². The third-order valence-electron chi connectivity index (χ3n) is 7.63. The molecular formula is C36H56O3. The summed E-state index contributed by atoms with van der Waals surface area (Å²) in [4.78, 5) is 12.2. The Labute approximate surface area is 240 Å². The van der Waals surface area contributed by atoms with Crippen molar-refractivity contribution in [1.82, 2.24) is 0 Å². The van der Waals surface area contributed by atoms with Gasteiger partial charge in [0.1, 0.15) is 11.9 Å². The van der Waals surface area contributed by atoms with E-state index in [1.54, 1.807) is 0 Å². The molecule has 0 bridgehead atoms.